The highest BCUT2D eigenvalue weighted by atomic mass is 32.2. The summed E-state index contributed by atoms with van der Waals surface area (Å²) in [6, 6.07) is 3.65. The first kappa shape index (κ1) is 17.9. The third-order valence-electron chi connectivity index (χ3n) is 4.24. The predicted molar refractivity (Wildman–Crippen MR) is 95.7 cm³/mol. The summed E-state index contributed by atoms with van der Waals surface area (Å²) in [6.45, 7) is 9.01. The first-order chi connectivity index (χ1) is 12.0. The zero-order valence-corrected chi connectivity index (χ0v) is 15.8. The summed E-state index contributed by atoms with van der Waals surface area (Å²) in [5, 5.41) is 4.71. The normalized spacial score (nSPS) is 20.7. The average Bonchev–Trinajstić information content (AvgIpc) is 2.90. The minimum atomic E-state index is 0.0105. The van der Waals surface area contributed by atoms with Crippen LogP contribution in [0.3, 0.4) is 0 Å². The minimum absolute atomic E-state index is 0.0105. The van der Waals surface area contributed by atoms with Crippen molar-refractivity contribution in [1.29, 1.82) is 0 Å². The Morgan fingerprint density at radius 1 is 1.32 bits per heavy atom. The van der Waals surface area contributed by atoms with Crippen LogP contribution in [0, 0.1) is 13.8 Å². The van der Waals surface area contributed by atoms with Crippen LogP contribution in [-0.2, 0) is 10.5 Å². The fourth-order valence-electron chi connectivity index (χ4n) is 3.03. The number of carbonyl (C=O) groups is 1. The van der Waals surface area contributed by atoms with Gasteiger partial charge in [-0.15, -0.1) is 11.8 Å². The monoisotopic (exact) mass is 361 g/mol. The maximum Gasteiger partial charge on any atom is 0.256 e. The molecule has 2 atom stereocenters. The van der Waals surface area contributed by atoms with E-state index in [1.165, 1.54) is 11.8 Å². The summed E-state index contributed by atoms with van der Waals surface area (Å²) in [4.78, 5) is 19.3. The van der Waals surface area contributed by atoms with Crippen molar-refractivity contribution in [3.63, 3.8) is 0 Å². The smallest absolute Gasteiger partial charge is 0.256 e. The van der Waals surface area contributed by atoms with E-state index >= 15 is 0 Å². The standard InChI is InChI=1S/C18H23N3O3S/c1-11-8-21(9-12(2)23-11)18(22)15-6-5-7-19-17(15)25-10-16-13(3)20-24-14(16)4/h5-7,11-12H,8-10H2,1-4H3/t11-,12+. The van der Waals surface area contributed by atoms with Gasteiger partial charge in [-0.05, 0) is 39.8 Å². The molecular weight excluding hydrogens is 338 g/mol. The van der Waals surface area contributed by atoms with Gasteiger partial charge in [0.15, 0.2) is 0 Å². The van der Waals surface area contributed by atoms with Crippen molar-refractivity contribution < 1.29 is 14.1 Å². The molecule has 3 heterocycles. The molecule has 2 aromatic heterocycles. The Hall–Kier alpha value is -1.86. The number of morpholine rings is 1. The second-order valence-corrected chi connectivity index (χ2v) is 7.38. The van der Waals surface area contributed by atoms with Crippen LogP contribution in [0.5, 0.6) is 0 Å². The molecular formula is C18H23N3O3S. The topological polar surface area (TPSA) is 68.5 Å². The summed E-state index contributed by atoms with van der Waals surface area (Å²) >= 11 is 1.54. The van der Waals surface area contributed by atoms with Crippen LogP contribution < -0.4 is 0 Å². The van der Waals surface area contributed by atoms with Crippen molar-refractivity contribution >= 4 is 17.7 Å². The summed E-state index contributed by atoms with van der Waals surface area (Å²) in [5.41, 5.74) is 2.58. The third-order valence-corrected chi connectivity index (χ3v) is 5.27. The highest BCUT2D eigenvalue weighted by molar-refractivity contribution is 7.98. The fraction of sp³-hybridized carbons (Fsp3) is 0.500. The number of thioether (sulfide) groups is 1. The Balaban J connectivity index is 1.77. The molecule has 0 spiro atoms. The van der Waals surface area contributed by atoms with Crippen molar-refractivity contribution in [1.82, 2.24) is 15.0 Å². The van der Waals surface area contributed by atoms with E-state index < -0.39 is 0 Å². The van der Waals surface area contributed by atoms with Gasteiger partial charge < -0.3 is 14.2 Å². The molecule has 1 aliphatic heterocycles. The number of aryl methyl sites for hydroxylation is 2. The summed E-state index contributed by atoms with van der Waals surface area (Å²) in [7, 11) is 0. The van der Waals surface area contributed by atoms with Crippen molar-refractivity contribution in [2.45, 2.75) is 50.7 Å². The molecule has 0 aliphatic carbocycles. The van der Waals surface area contributed by atoms with E-state index in [0.29, 0.717) is 24.4 Å². The molecule has 6 nitrogen and oxygen atoms in total. The molecule has 7 heteroatoms. The average molecular weight is 361 g/mol. The molecule has 134 valence electrons. The van der Waals surface area contributed by atoms with Gasteiger partial charge in [-0.2, -0.15) is 0 Å². The molecule has 1 aliphatic rings. The van der Waals surface area contributed by atoms with Crippen LogP contribution in [0.4, 0.5) is 0 Å². The number of carbonyl (C=O) groups excluding carboxylic acids is 1. The van der Waals surface area contributed by atoms with Gasteiger partial charge in [0.05, 0.1) is 23.5 Å². The SMILES string of the molecule is Cc1noc(C)c1CSc1ncccc1C(=O)N1C[C@@H](C)O[C@@H](C)C1. The van der Waals surface area contributed by atoms with Crippen LogP contribution in [0.15, 0.2) is 27.9 Å². The Labute approximate surface area is 151 Å². The van der Waals surface area contributed by atoms with Gasteiger partial charge in [-0.1, -0.05) is 5.16 Å². The van der Waals surface area contributed by atoms with E-state index in [0.717, 1.165) is 22.0 Å². The Morgan fingerprint density at radius 3 is 2.68 bits per heavy atom. The number of pyridine rings is 1. The number of aromatic nitrogens is 2. The molecule has 3 rings (SSSR count). The molecule has 0 saturated carbocycles. The van der Waals surface area contributed by atoms with Crippen molar-refractivity contribution in [2.24, 2.45) is 0 Å². The van der Waals surface area contributed by atoms with Crippen LogP contribution in [0.25, 0.3) is 0 Å². The van der Waals surface area contributed by atoms with Gasteiger partial charge >= 0.3 is 0 Å². The van der Waals surface area contributed by atoms with E-state index in [9.17, 15) is 4.79 Å². The van der Waals surface area contributed by atoms with E-state index in [4.69, 9.17) is 9.26 Å². The molecule has 0 bridgehead atoms. The van der Waals surface area contributed by atoms with E-state index in [1.54, 1.807) is 12.3 Å². The lowest BCUT2D eigenvalue weighted by Crippen LogP contribution is -2.48. The second kappa shape index (κ2) is 7.58. The highest BCUT2D eigenvalue weighted by Gasteiger charge is 2.28. The van der Waals surface area contributed by atoms with Gasteiger partial charge in [-0.25, -0.2) is 4.98 Å². The zero-order valence-electron chi connectivity index (χ0n) is 15.0. The number of ether oxygens (including phenoxy) is 1. The first-order valence-electron chi connectivity index (χ1n) is 8.40. The molecule has 1 fully saturated rings. The third kappa shape index (κ3) is 4.04. The summed E-state index contributed by atoms with van der Waals surface area (Å²) in [5.74, 6) is 1.50. The van der Waals surface area contributed by atoms with E-state index in [1.807, 2.05) is 38.7 Å². The Bertz CT molecular complexity index is 732. The molecule has 0 radical (unpaired) electrons. The lowest BCUT2D eigenvalue weighted by atomic mass is 10.2. The minimum Gasteiger partial charge on any atom is -0.372 e. The molecule has 1 saturated heterocycles. The van der Waals surface area contributed by atoms with Crippen molar-refractivity contribution in [2.75, 3.05) is 13.1 Å². The number of amides is 1. The number of hydrogen-bond acceptors (Lipinski definition) is 6. The molecule has 0 unspecified atom stereocenters. The van der Waals surface area contributed by atoms with Crippen molar-refractivity contribution in [3.8, 4) is 0 Å². The molecule has 2 aromatic rings. The fourth-order valence-corrected chi connectivity index (χ4v) is 4.17. The van der Waals surface area contributed by atoms with E-state index in [-0.39, 0.29) is 18.1 Å². The predicted octanol–water partition coefficient (Wildman–Crippen LogP) is 3.23. The molecule has 1 amide bonds. The first-order valence-corrected chi connectivity index (χ1v) is 9.38. The largest absolute Gasteiger partial charge is 0.372 e. The van der Waals surface area contributed by atoms with E-state index in [2.05, 4.69) is 10.1 Å². The number of hydrogen-bond donors (Lipinski definition) is 0. The van der Waals surface area contributed by atoms with Crippen LogP contribution in [0.1, 0.15) is 41.2 Å². The van der Waals surface area contributed by atoms with Crippen LogP contribution in [-0.4, -0.2) is 46.2 Å². The maximum atomic E-state index is 13.0. The van der Waals surface area contributed by atoms with Crippen LogP contribution >= 0.6 is 11.8 Å². The molecule has 0 N–H and O–H groups in total. The molecule has 25 heavy (non-hydrogen) atoms. The maximum absolute atomic E-state index is 13.0. The number of nitrogens with zero attached hydrogens (tertiary/aromatic N) is 3. The van der Waals surface area contributed by atoms with Crippen molar-refractivity contribution in [3.05, 3.63) is 40.9 Å². The van der Waals surface area contributed by atoms with Gasteiger partial charge in [0, 0.05) is 30.6 Å². The zero-order chi connectivity index (χ0) is 18.0. The summed E-state index contributed by atoms with van der Waals surface area (Å²) < 4.78 is 10.9. The molecule has 0 aromatic carbocycles. The number of rotatable bonds is 4. The van der Waals surface area contributed by atoms with Gasteiger partial charge in [0.1, 0.15) is 10.8 Å². The Morgan fingerprint density at radius 2 is 2.04 bits per heavy atom. The summed E-state index contributed by atoms with van der Waals surface area (Å²) in [6.07, 6.45) is 1.81. The Kier molecular flexibility index (Phi) is 5.44. The van der Waals surface area contributed by atoms with Gasteiger partial charge in [0.25, 0.3) is 5.91 Å². The highest BCUT2D eigenvalue weighted by Crippen LogP contribution is 2.28. The quantitative estimate of drug-likeness (QED) is 0.779. The van der Waals surface area contributed by atoms with Crippen LogP contribution in [0.2, 0.25) is 0 Å². The lowest BCUT2D eigenvalue weighted by Gasteiger charge is -2.35. The second-order valence-electron chi connectivity index (χ2n) is 6.41. The van der Waals surface area contributed by atoms with Gasteiger partial charge in [0.2, 0.25) is 0 Å². The van der Waals surface area contributed by atoms with Gasteiger partial charge in [-0.3, -0.25) is 4.79 Å². The lowest BCUT2D eigenvalue weighted by molar-refractivity contribution is -0.0587.